The second-order valence-corrected chi connectivity index (χ2v) is 6.41. The lowest BCUT2D eigenvalue weighted by Gasteiger charge is -2.21. The Hall–Kier alpha value is -2.14. The average Bonchev–Trinajstić information content (AvgIpc) is 2.90. The number of amides is 1. The molecule has 1 aliphatic rings. The molecule has 1 aliphatic heterocycles. The van der Waals surface area contributed by atoms with E-state index < -0.39 is 0 Å². The summed E-state index contributed by atoms with van der Waals surface area (Å²) in [6.07, 6.45) is 3.26. The van der Waals surface area contributed by atoms with Crippen molar-refractivity contribution in [2.45, 2.75) is 26.2 Å². The van der Waals surface area contributed by atoms with E-state index in [1.165, 1.54) is 5.56 Å². The summed E-state index contributed by atoms with van der Waals surface area (Å²) in [4.78, 5) is 16.8. The molecule has 0 spiro atoms. The Kier molecular flexibility index (Phi) is 5.64. The average molecular weight is 327 g/mol. The van der Waals surface area contributed by atoms with E-state index >= 15 is 0 Å². The van der Waals surface area contributed by atoms with Gasteiger partial charge in [0.25, 0.3) is 5.91 Å². The van der Waals surface area contributed by atoms with Crippen LogP contribution in [0.25, 0.3) is 0 Å². The number of nitrogens with zero attached hydrogens (tertiary/aromatic N) is 3. The van der Waals surface area contributed by atoms with Gasteiger partial charge in [-0.25, -0.2) is 0 Å². The van der Waals surface area contributed by atoms with Crippen molar-refractivity contribution in [2.24, 2.45) is 0 Å². The Morgan fingerprint density at radius 1 is 1.17 bits per heavy atom. The minimum atomic E-state index is -0.0401. The number of aromatic nitrogens is 1. The van der Waals surface area contributed by atoms with Crippen molar-refractivity contribution < 1.29 is 9.32 Å². The number of carbonyl (C=O) groups excluding carboxylic acids is 1. The topological polar surface area (TPSA) is 49.6 Å². The molecule has 0 atom stereocenters. The number of benzene rings is 1. The number of carbonyl (C=O) groups is 1. The van der Waals surface area contributed by atoms with E-state index in [4.69, 9.17) is 4.52 Å². The van der Waals surface area contributed by atoms with Crippen LogP contribution in [0.4, 0.5) is 0 Å². The van der Waals surface area contributed by atoms with E-state index in [0.717, 1.165) is 57.7 Å². The van der Waals surface area contributed by atoms with Crippen molar-refractivity contribution in [3.05, 3.63) is 53.4 Å². The standard InChI is InChI=1S/C19H25N3O2/c1-16-15-18(24-20-16)19(23)22-12-6-11-21(13-14-22)10-5-9-17-7-3-2-4-8-17/h2-4,7-8,15H,5-6,9-14H2,1H3. The van der Waals surface area contributed by atoms with Gasteiger partial charge in [-0.05, 0) is 44.8 Å². The molecule has 24 heavy (non-hydrogen) atoms. The lowest BCUT2D eigenvalue weighted by molar-refractivity contribution is 0.0719. The Labute approximate surface area is 143 Å². The molecule has 2 heterocycles. The van der Waals surface area contributed by atoms with Gasteiger partial charge >= 0.3 is 0 Å². The van der Waals surface area contributed by atoms with Crippen LogP contribution in [-0.4, -0.2) is 53.6 Å². The maximum Gasteiger partial charge on any atom is 0.292 e. The lowest BCUT2D eigenvalue weighted by Crippen LogP contribution is -2.35. The molecule has 0 N–H and O–H groups in total. The van der Waals surface area contributed by atoms with Crippen LogP contribution in [0.5, 0.6) is 0 Å². The predicted octanol–water partition coefficient (Wildman–Crippen LogP) is 2.76. The molecule has 1 saturated heterocycles. The molecule has 1 aromatic heterocycles. The molecular formula is C19H25N3O2. The summed E-state index contributed by atoms with van der Waals surface area (Å²) in [5, 5.41) is 3.81. The molecule has 128 valence electrons. The summed E-state index contributed by atoms with van der Waals surface area (Å²) in [6.45, 7) is 6.43. The first-order valence-electron chi connectivity index (χ1n) is 8.71. The second-order valence-electron chi connectivity index (χ2n) is 6.41. The molecule has 0 aliphatic carbocycles. The largest absolute Gasteiger partial charge is 0.351 e. The molecule has 1 fully saturated rings. The number of rotatable bonds is 5. The first-order valence-corrected chi connectivity index (χ1v) is 8.71. The summed E-state index contributed by atoms with van der Waals surface area (Å²) in [5.41, 5.74) is 2.14. The molecule has 1 aromatic carbocycles. The van der Waals surface area contributed by atoms with Gasteiger partial charge in [-0.2, -0.15) is 0 Å². The fourth-order valence-electron chi connectivity index (χ4n) is 3.17. The predicted molar refractivity (Wildman–Crippen MR) is 93.0 cm³/mol. The number of hydrogen-bond donors (Lipinski definition) is 0. The zero-order chi connectivity index (χ0) is 16.8. The van der Waals surface area contributed by atoms with E-state index in [2.05, 4.69) is 40.4 Å². The summed E-state index contributed by atoms with van der Waals surface area (Å²) in [6, 6.07) is 12.3. The van der Waals surface area contributed by atoms with Gasteiger partial charge in [0.15, 0.2) is 0 Å². The van der Waals surface area contributed by atoms with E-state index in [1.807, 2.05) is 11.8 Å². The van der Waals surface area contributed by atoms with Crippen molar-refractivity contribution in [2.75, 3.05) is 32.7 Å². The normalized spacial score (nSPS) is 16.1. The number of aryl methyl sites for hydroxylation is 2. The van der Waals surface area contributed by atoms with Gasteiger partial charge in [0, 0.05) is 25.7 Å². The fraction of sp³-hybridized carbons (Fsp3) is 0.474. The van der Waals surface area contributed by atoms with Crippen LogP contribution < -0.4 is 0 Å². The van der Waals surface area contributed by atoms with Gasteiger partial charge in [-0.15, -0.1) is 0 Å². The van der Waals surface area contributed by atoms with Gasteiger partial charge < -0.3 is 14.3 Å². The minimum Gasteiger partial charge on any atom is -0.351 e. The lowest BCUT2D eigenvalue weighted by atomic mass is 10.1. The molecule has 0 radical (unpaired) electrons. The SMILES string of the molecule is Cc1cc(C(=O)N2CCCN(CCCc3ccccc3)CC2)on1. The Morgan fingerprint density at radius 3 is 2.75 bits per heavy atom. The van der Waals surface area contributed by atoms with Crippen LogP contribution >= 0.6 is 0 Å². The molecule has 0 bridgehead atoms. The summed E-state index contributed by atoms with van der Waals surface area (Å²) in [7, 11) is 0. The smallest absolute Gasteiger partial charge is 0.292 e. The highest BCUT2D eigenvalue weighted by Gasteiger charge is 2.22. The Morgan fingerprint density at radius 2 is 2.00 bits per heavy atom. The van der Waals surface area contributed by atoms with Crippen LogP contribution in [0.15, 0.2) is 40.9 Å². The van der Waals surface area contributed by atoms with E-state index in [-0.39, 0.29) is 5.91 Å². The van der Waals surface area contributed by atoms with E-state index in [1.54, 1.807) is 6.07 Å². The highest BCUT2D eigenvalue weighted by atomic mass is 16.5. The summed E-state index contributed by atoms with van der Waals surface area (Å²) < 4.78 is 5.11. The molecule has 5 nitrogen and oxygen atoms in total. The number of hydrogen-bond acceptors (Lipinski definition) is 4. The van der Waals surface area contributed by atoms with Crippen molar-refractivity contribution in [1.82, 2.24) is 15.0 Å². The third kappa shape index (κ3) is 4.45. The molecule has 5 heteroatoms. The van der Waals surface area contributed by atoms with Gasteiger partial charge in [-0.3, -0.25) is 4.79 Å². The molecule has 1 amide bonds. The monoisotopic (exact) mass is 327 g/mol. The molecule has 2 aromatic rings. The highest BCUT2D eigenvalue weighted by molar-refractivity contribution is 5.91. The van der Waals surface area contributed by atoms with Crippen molar-refractivity contribution in [3.63, 3.8) is 0 Å². The Bertz CT molecular complexity index is 654. The van der Waals surface area contributed by atoms with E-state index in [0.29, 0.717) is 5.76 Å². The molecule has 0 unspecified atom stereocenters. The maximum atomic E-state index is 12.4. The maximum absolute atomic E-state index is 12.4. The Balaban J connectivity index is 1.45. The van der Waals surface area contributed by atoms with E-state index in [9.17, 15) is 4.79 Å². The molecular weight excluding hydrogens is 302 g/mol. The zero-order valence-corrected chi connectivity index (χ0v) is 14.3. The van der Waals surface area contributed by atoms with Gasteiger partial charge in [0.2, 0.25) is 5.76 Å². The van der Waals surface area contributed by atoms with Gasteiger partial charge in [0.05, 0.1) is 5.69 Å². The molecule has 3 rings (SSSR count). The molecule has 0 saturated carbocycles. The van der Waals surface area contributed by atoms with Crippen LogP contribution in [0.1, 0.15) is 34.7 Å². The highest BCUT2D eigenvalue weighted by Crippen LogP contribution is 2.11. The zero-order valence-electron chi connectivity index (χ0n) is 14.3. The van der Waals surface area contributed by atoms with Crippen LogP contribution in [0.2, 0.25) is 0 Å². The van der Waals surface area contributed by atoms with Crippen molar-refractivity contribution in [1.29, 1.82) is 0 Å². The van der Waals surface area contributed by atoms with Gasteiger partial charge in [0.1, 0.15) is 0 Å². The van der Waals surface area contributed by atoms with Crippen LogP contribution in [0, 0.1) is 6.92 Å². The first-order chi connectivity index (χ1) is 11.7. The summed E-state index contributed by atoms with van der Waals surface area (Å²) in [5.74, 6) is 0.312. The first kappa shape index (κ1) is 16.7. The fourth-order valence-corrected chi connectivity index (χ4v) is 3.17. The van der Waals surface area contributed by atoms with Crippen molar-refractivity contribution in [3.8, 4) is 0 Å². The third-order valence-electron chi connectivity index (χ3n) is 4.50. The minimum absolute atomic E-state index is 0.0401. The summed E-state index contributed by atoms with van der Waals surface area (Å²) >= 11 is 0. The van der Waals surface area contributed by atoms with Crippen molar-refractivity contribution >= 4 is 5.91 Å². The van der Waals surface area contributed by atoms with Crippen LogP contribution in [0.3, 0.4) is 0 Å². The van der Waals surface area contributed by atoms with Gasteiger partial charge in [-0.1, -0.05) is 35.5 Å². The quantitative estimate of drug-likeness (QED) is 0.847. The second kappa shape index (κ2) is 8.11. The van der Waals surface area contributed by atoms with Crippen LogP contribution in [-0.2, 0) is 6.42 Å². The third-order valence-corrected chi connectivity index (χ3v) is 4.50.